The third-order valence-electron chi connectivity index (χ3n) is 3.84. The second-order valence-electron chi connectivity index (χ2n) is 5.31. The molecule has 1 fully saturated rings. The Labute approximate surface area is 109 Å². The van der Waals surface area contributed by atoms with Gasteiger partial charge in [0, 0.05) is 12.1 Å². The minimum Gasteiger partial charge on any atom is -0.330 e. The topological polar surface area (TPSA) is 29.3 Å². The molecule has 0 spiro atoms. The van der Waals surface area contributed by atoms with Crippen LogP contribution in [0.5, 0.6) is 0 Å². The molecule has 3 heteroatoms. The zero-order chi connectivity index (χ0) is 13.0. The Morgan fingerprint density at radius 2 is 2.06 bits per heavy atom. The maximum atomic E-state index is 14.0. The van der Waals surface area contributed by atoms with Gasteiger partial charge in [-0.15, -0.1) is 0 Å². The van der Waals surface area contributed by atoms with E-state index in [2.05, 4.69) is 17.9 Å². The monoisotopic (exact) mass is 250 g/mol. The van der Waals surface area contributed by atoms with Gasteiger partial charge in [-0.05, 0) is 56.4 Å². The Bertz CT molecular complexity index is 386. The molecule has 0 aromatic heterocycles. The van der Waals surface area contributed by atoms with Gasteiger partial charge in [0.15, 0.2) is 0 Å². The molecule has 0 bridgehead atoms. The van der Waals surface area contributed by atoms with Crippen LogP contribution in [0.4, 0.5) is 4.39 Å². The lowest BCUT2D eigenvalue weighted by Gasteiger charge is -2.17. The van der Waals surface area contributed by atoms with Crippen LogP contribution in [0.1, 0.15) is 43.2 Å². The van der Waals surface area contributed by atoms with E-state index in [4.69, 9.17) is 5.73 Å². The van der Waals surface area contributed by atoms with Gasteiger partial charge >= 0.3 is 0 Å². The Hall–Kier alpha value is -0.930. The van der Waals surface area contributed by atoms with E-state index in [0.29, 0.717) is 12.5 Å². The SMILES string of the molecule is CC(CCN)c1ccc(CN2CCCC2)c(F)c1. The second-order valence-corrected chi connectivity index (χ2v) is 5.31. The molecule has 0 radical (unpaired) electrons. The molecule has 2 rings (SSSR count). The molecule has 1 aromatic carbocycles. The van der Waals surface area contributed by atoms with Crippen molar-refractivity contribution in [2.45, 2.75) is 38.6 Å². The predicted molar refractivity (Wildman–Crippen MR) is 73.0 cm³/mol. The summed E-state index contributed by atoms with van der Waals surface area (Å²) in [5, 5.41) is 0. The fraction of sp³-hybridized carbons (Fsp3) is 0.600. The van der Waals surface area contributed by atoms with Gasteiger partial charge in [-0.25, -0.2) is 4.39 Å². The lowest BCUT2D eigenvalue weighted by molar-refractivity contribution is 0.325. The van der Waals surface area contributed by atoms with Crippen molar-refractivity contribution in [1.29, 1.82) is 0 Å². The third kappa shape index (κ3) is 3.30. The lowest BCUT2D eigenvalue weighted by Crippen LogP contribution is -2.19. The number of halogens is 1. The van der Waals surface area contributed by atoms with Crippen LogP contribution in [0.15, 0.2) is 18.2 Å². The number of hydrogen-bond acceptors (Lipinski definition) is 2. The van der Waals surface area contributed by atoms with E-state index in [0.717, 1.165) is 37.2 Å². The number of benzene rings is 1. The van der Waals surface area contributed by atoms with Crippen LogP contribution in [-0.4, -0.2) is 24.5 Å². The van der Waals surface area contributed by atoms with Crippen LogP contribution < -0.4 is 5.73 Å². The summed E-state index contributed by atoms with van der Waals surface area (Å²) < 4.78 is 14.0. The minimum atomic E-state index is -0.0664. The number of rotatable bonds is 5. The molecular formula is C15H23FN2. The van der Waals surface area contributed by atoms with Crippen LogP contribution in [0.2, 0.25) is 0 Å². The quantitative estimate of drug-likeness (QED) is 0.870. The summed E-state index contributed by atoms with van der Waals surface area (Å²) in [6, 6.07) is 5.68. The molecule has 100 valence electrons. The van der Waals surface area contributed by atoms with Crippen molar-refractivity contribution >= 4 is 0 Å². The molecule has 0 saturated carbocycles. The molecule has 18 heavy (non-hydrogen) atoms. The summed E-state index contributed by atoms with van der Waals surface area (Å²) in [5.74, 6) is 0.272. The molecule has 1 saturated heterocycles. The van der Waals surface area contributed by atoms with E-state index < -0.39 is 0 Å². The number of hydrogen-bond donors (Lipinski definition) is 1. The smallest absolute Gasteiger partial charge is 0.127 e. The molecule has 2 nitrogen and oxygen atoms in total. The Morgan fingerprint density at radius 1 is 1.33 bits per heavy atom. The lowest BCUT2D eigenvalue weighted by atomic mass is 9.96. The van der Waals surface area contributed by atoms with Gasteiger partial charge in [0.05, 0.1) is 0 Å². The van der Waals surface area contributed by atoms with Gasteiger partial charge in [0.25, 0.3) is 0 Å². The van der Waals surface area contributed by atoms with Gasteiger partial charge in [-0.1, -0.05) is 19.1 Å². The van der Waals surface area contributed by atoms with Crippen molar-refractivity contribution in [2.75, 3.05) is 19.6 Å². The molecule has 0 aliphatic carbocycles. The Morgan fingerprint density at radius 3 is 2.67 bits per heavy atom. The summed E-state index contributed by atoms with van der Waals surface area (Å²) in [4.78, 5) is 2.32. The van der Waals surface area contributed by atoms with Gasteiger partial charge in [0.2, 0.25) is 0 Å². The van der Waals surface area contributed by atoms with Gasteiger partial charge in [-0.3, -0.25) is 4.90 Å². The molecule has 1 heterocycles. The van der Waals surface area contributed by atoms with E-state index in [9.17, 15) is 4.39 Å². The zero-order valence-electron chi connectivity index (χ0n) is 11.2. The van der Waals surface area contributed by atoms with Gasteiger partial charge in [-0.2, -0.15) is 0 Å². The summed E-state index contributed by atoms with van der Waals surface area (Å²) in [5.41, 5.74) is 7.42. The predicted octanol–water partition coefficient (Wildman–Crippen LogP) is 2.87. The molecule has 2 N–H and O–H groups in total. The highest BCUT2D eigenvalue weighted by molar-refractivity contribution is 5.26. The summed E-state index contributed by atoms with van der Waals surface area (Å²) in [6.07, 6.45) is 3.39. The Balaban J connectivity index is 2.04. The maximum absolute atomic E-state index is 14.0. The van der Waals surface area contributed by atoms with Gasteiger partial charge < -0.3 is 5.73 Å². The normalized spacial score (nSPS) is 18.2. The van der Waals surface area contributed by atoms with Gasteiger partial charge in [0.1, 0.15) is 5.82 Å². The van der Waals surface area contributed by atoms with Crippen molar-refractivity contribution in [3.63, 3.8) is 0 Å². The van der Waals surface area contributed by atoms with E-state index in [1.807, 2.05) is 6.07 Å². The van der Waals surface area contributed by atoms with Crippen molar-refractivity contribution < 1.29 is 4.39 Å². The van der Waals surface area contributed by atoms with Crippen LogP contribution in [0.25, 0.3) is 0 Å². The number of likely N-dealkylation sites (tertiary alicyclic amines) is 1. The first kappa shape index (κ1) is 13.5. The van der Waals surface area contributed by atoms with E-state index in [-0.39, 0.29) is 5.82 Å². The fourth-order valence-corrected chi connectivity index (χ4v) is 2.60. The van der Waals surface area contributed by atoms with Crippen LogP contribution >= 0.6 is 0 Å². The van der Waals surface area contributed by atoms with Crippen molar-refractivity contribution in [3.05, 3.63) is 35.1 Å². The molecule has 1 aromatic rings. The van der Waals surface area contributed by atoms with E-state index >= 15 is 0 Å². The van der Waals surface area contributed by atoms with Crippen LogP contribution in [-0.2, 0) is 6.54 Å². The number of nitrogens with zero attached hydrogens (tertiary/aromatic N) is 1. The maximum Gasteiger partial charge on any atom is 0.127 e. The highest BCUT2D eigenvalue weighted by atomic mass is 19.1. The van der Waals surface area contributed by atoms with Crippen LogP contribution in [0, 0.1) is 5.82 Å². The summed E-state index contributed by atoms with van der Waals surface area (Å²) >= 11 is 0. The zero-order valence-corrected chi connectivity index (χ0v) is 11.2. The average molecular weight is 250 g/mol. The summed E-state index contributed by atoms with van der Waals surface area (Å²) in [6.45, 7) is 5.70. The molecule has 1 aliphatic heterocycles. The van der Waals surface area contributed by atoms with Crippen molar-refractivity contribution in [3.8, 4) is 0 Å². The first-order valence-electron chi connectivity index (χ1n) is 6.91. The average Bonchev–Trinajstić information content (AvgIpc) is 2.85. The highest BCUT2D eigenvalue weighted by Gasteiger charge is 2.15. The first-order valence-corrected chi connectivity index (χ1v) is 6.91. The van der Waals surface area contributed by atoms with Crippen molar-refractivity contribution in [1.82, 2.24) is 4.90 Å². The van der Waals surface area contributed by atoms with Crippen LogP contribution in [0.3, 0.4) is 0 Å². The van der Waals surface area contributed by atoms with E-state index in [1.165, 1.54) is 12.8 Å². The molecule has 1 aliphatic rings. The minimum absolute atomic E-state index is 0.0664. The second kappa shape index (κ2) is 6.30. The molecule has 0 amide bonds. The van der Waals surface area contributed by atoms with Crippen molar-refractivity contribution in [2.24, 2.45) is 5.73 Å². The highest BCUT2D eigenvalue weighted by Crippen LogP contribution is 2.22. The molecular weight excluding hydrogens is 227 g/mol. The standard InChI is InChI=1S/C15H23FN2/c1-12(6-7-17)13-4-5-14(15(16)10-13)11-18-8-2-3-9-18/h4-5,10,12H,2-3,6-9,11,17H2,1H3. The summed E-state index contributed by atoms with van der Waals surface area (Å²) in [7, 11) is 0. The largest absolute Gasteiger partial charge is 0.330 e. The first-order chi connectivity index (χ1) is 8.70. The number of nitrogens with two attached hydrogens (primary N) is 1. The fourth-order valence-electron chi connectivity index (χ4n) is 2.60. The Kier molecular flexibility index (Phi) is 4.72. The third-order valence-corrected chi connectivity index (χ3v) is 3.84. The molecule has 1 unspecified atom stereocenters. The molecule has 1 atom stereocenters. The van der Waals surface area contributed by atoms with E-state index in [1.54, 1.807) is 6.07 Å².